The molecule has 0 radical (unpaired) electrons. The smallest absolute Gasteiger partial charge is 0.308 e. The summed E-state index contributed by atoms with van der Waals surface area (Å²) in [6.07, 6.45) is 3.17. The number of thioether (sulfide) groups is 1. The number of halogens is 1. The Balaban J connectivity index is 1.83. The first-order chi connectivity index (χ1) is 10.1. The fourth-order valence-electron chi connectivity index (χ4n) is 2.53. The molecule has 2 N–H and O–H groups in total. The SMILES string of the molecule is O=C(CSc1ccc(F)cc1)NC1CCCCC1C(=O)O. The lowest BCUT2D eigenvalue weighted by Gasteiger charge is -2.29. The molecule has 4 nitrogen and oxygen atoms in total. The summed E-state index contributed by atoms with van der Waals surface area (Å²) < 4.78 is 12.8. The van der Waals surface area contributed by atoms with E-state index in [1.54, 1.807) is 12.1 Å². The quantitative estimate of drug-likeness (QED) is 0.821. The first-order valence-electron chi connectivity index (χ1n) is 6.97. The number of amides is 1. The number of hydrogen-bond acceptors (Lipinski definition) is 3. The van der Waals surface area contributed by atoms with E-state index in [1.807, 2.05) is 0 Å². The van der Waals surface area contributed by atoms with Crippen LogP contribution in [0.25, 0.3) is 0 Å². The maximum Gasteiger partial charge on any atom is 0.308 e. The van der Waals surface area contributed by atoms with Gasteiger partial charge in [-0.15, -0.1) is 11.8 Å². The van der Waals surface area contributed by atoms with Crippen molar-refractivity contribution in [3.8, 4) is 0 Å². The van der Waals surface area contributed by atoms with Gasteiger partial charge in [-0.05, 0) is 37.1 Å². The van der Waals surface area contributed by atoms with E-state index < -0.39 is 11.9 Å². The highest BCUT2D eigenvalue weighted by molar-refractivity contribution is 8.00. The summed E-state index contributed by atoms with van der Waals surface area (Å²) in [6.45, 7) is 0. The number of benzene rings is 1. The Morgan fingerprint density at radius 2 is 1.90 bits per heavy atom. The van der Waals surface area contributed by atoms with Crippen LogP contribution >= 0.6 is 11.8 Å². The van der Waals surface area contributed by atoms with Gasteiger partial charge in [-0.2, -0.15) is 0 Å². The van der Waals surface area contributed by atoms with Gasteiger partial charge in [-0.3, -0.25) is 9.59 Å². The van der Waals surface area contributed by atoms with Crippen LogP contribution < -0.4 is 5.32 Å². The van der Waals surface area contributed by atoms with Crippen molar-refractivity contribution >= 4 is 23.6 Å². The highest BCUT2D eigenvalue weighted by atomic mass is 32.2. The molecule has 1 aliphatic rings. The summed E-state index contributed by atoms with van der Waals surface area (Å²) >= 11 is 1.31. The Morgan fingerprint density at radius 1 is 1.24 bits per heavy atom. The third-order valence-electron chi connectivity index (χ3n) is 3.61. The summed E-state index contributed by atoms with van der Waals surface area (Å²) in [4.78, 5) is 23.9. The van der Waals surface area contributed by atoms with Gasteiger partial charge in [-0.1, -0.05) is 12.8 Å². The van der Waals surface area contributed by atoms with Crippen LogP contribution in [0.1, 0.15) is 25.7 Å². The van der Waals surface area contributed by atoms with E-state index in [0.29, 0.717) is 12.8 Å². The fraction of sp³-hybridized carbons (Fsp3) is 0.467. The molecule has 1 amide bonds. The maximum absolute atomic E-state index is 12.8. The number of carbonyl (C=O) groups excluding carboxylic acids is 1. The van der Waals surface area contributed by atoms with Crippen molar-refractivity contribution in [1.82, 2.24) is 5.32 Å². The zero-order chi connectivity index (χ0) is 15.2. The summed E-state index contributed by atoms with van der Waals surface area (Å²) in [7, 11) is 0. The minimum absolute atomic E-state index is 0.178. The van der Waals surface area contributed by atoms with Crippen molar-refractivity contribution in [3.63, 3.8) is 0 Å². The molecule has 2 atom stereocenters. The van der Waals surface area contributed by atoms with E-state index in [4.69, 9.17) is 5.11 Å². The molecular formula is C15H18FNO3S. The molecule has 1 aliphatic carbocycles. The summed E-state index contributed by atoms with van der Waals surface area (Å²) in [5, 5.41) is 12.0. The fourth-order valence-corrected chi connectivity index (χ4v) is 3.24. The molecular weight excluding hydrogens is 293 g/mol. The van der Waals surface area contributed by atoms with Gasteiger partial charge in [0.1, 0.15) is 5.82 Å². The first-order valence-corrected chi connectivity index (χ1v) is 7.95. The summed E-state index contributed by atoms with van der Waals surface area (Å²) in [6, 6.07) is 5.66. The average Bonchev–Trinajstić information content (AvgIpc) is 2.47. The second-order valence-corrected chi connectivity index (χ2v) is 6.19. The third kappa shape index (κ3) is 4.74. The van der Waals surface area contributed by atoms with Crippen LogP contribution in [0.5, 0.6) is 0 Å². The molecule has 0 aliphatic heterocycles. The van der Waals surface area contributed by atoms with Gasteiger partial charge in [0.2, 0.25) is 5.91 Å². The van der Waals surface area contributed by atoms with Crippen molar-refractivity contribution in [2.45, 2.75) is 36.6 Å². The average molecular weight is 311 g/mol. The zero-order valence-electron chi connectivity index (χ0n) is 11.5. The highest BCUT2D eigenvalue weighted by Gasteiger charge is 2.31. The van der Waals surface area contributed by atoms with Gasteiger partial charge in [0.15, 0.2) is 0 Å². The topological polar surface area (TPSA) is 66.4 Å². The van der Waals surface area contributed by atoms with Crippen LogP contribution in [0, 0.1) is 11.7 Å². The Hall–Kier alpha value is -1.56. The standard InChI is InChI=1S/C15H18FNO3S/c16-10-5-7-11(8-6-10)21-9-14(18)17-13-4-2-1-3-12(13)15(19)20/h5-8,12-13H,1-4,9H2,(H,17,18)(H,19,20). The molecule has 2 unspecified atom stereocenters. The Bertz CT molecular complexity index is 506. The molecule has 1 aromatic rings. The molecule has 21 heavy (non-hydrogen) atoms. The molecule has 2 rings (SSSR count). The molecule has 0 heterocycles. The van der Waals surface area contributed by atoms with Crippen LogP contribution in [-0.4, -0.2) is 28.8 Å². The van der Waals surface area contributed by atoms with E-state index in [2.05, 4.69) is 5.32 Å². The number of aliphatic carboxylic acids is 1. The minimum Gasteiger partial charge on any atom is -0.481 e. The molecule has 0 spiro atoms. The number of hydrogen-bond donors (Lipinski definition) is 2. The lowest BCUT2D eigenvalue weighted by Crippen LogP contribution is -2.45. The molecule has 0 aromatic heterocycles. The van der Waals surface area contributed by atoms with E-state index in [-0.39, 0.29) is 23.5 Å². The van der Waals surface area contributed by atoms with Gasteiger partial charge >= 0.3 is 5.97 Å². The highest BCUT2D eigenvalue weighted by Crippen LogP contribution is 2.25. The van der Waals surface area contributed by atoms with Crippen molar-refractivity contribution in [1.29, 1.82) is 0 Å². The van der Waals surface area contributed by atoms with Crippen molar-refractivity contribution in [2.75, 3.05) is 5.75 Å². The minimum atomic E-state index is -0.841. The monoisotopic (exact) mass is 311 g/mol. The van der Waals surface area contributed by atoms with E-state index in [9.17, 15) is 14.0 Å². The normalized spacial score (nSPS) is 21.8. The third-order valence-corrected chi connectivity index (χ3v) is 4.63. The van der Waals surface area contributed by atoms with Crippen LogP contribution in [0.3, 0.4) is 0 Å². The van der Waals surface area contributed by atoms with Crippen LogP contribution in [-0.2, 0) is 9.59 Å². The van der Waals surface area contributed by atoms with Gasteiger partial charge in [0, 0.05) is 10.9 Å². The zero-order valence-corrected chi connectivity index (χ0v) is 12.4. The second-order valence-electron chi connectivity index (χ2n) is 5.15. The van der Waals surface area contributed by atoms with Crippen molar-refractivity contribution in [2.24, 2.45) is 5.92 Å². The molecule has 1 aromatic carbocycles. The molecule has 1 saturated carbocycles. The van der Waals surface area contributed by atoms with Gasteiger partial charge in [-0.25, -0.2) is 4.39 Å². The maximum atomic E-state index is 12.8. The van der Waals surface area contributed by atoms with Crippen molar-refractivity contribution < 1.29 is 19.1 Å². The lowest BCUT2D eigenvalue weighted by molar-refractivity contribution is -0.144. The lowest BCUT2D eigenvalue weighted by atomic mass is 9.84. The number of carboxylic acids is 1. The molecule has 1 fully saturated rings. The van der Waals surface area contributed by atoms with Crippen molar-refractivity contribution in [3.05, 3.63) is 30.1 Å². The Morgan fingerprint density at radius 3 is 2.57 bits per heavy atom. The second kappa shape index (κ2) is 7.45. The molecule has 6 heteroatoms. The van der Waals surface area contributed by atoms with Crippen LogP contribution in [0.2, 0.25) is 0 Å². The Kier molecular flexibility index (Phi) is 5.61. The Labute approximate surface area is 127 Å². The number of rotatable bonds is 5. The number of carbonyl (C=O) groups is 2. The summed E-state index contributed by atoms with van der Waals surface area (Å²) in [5.74, 6) is -1.61. The van der Waals surface area contributed by atoms with Gasteiger partial charge in [0.25, 0.3) is 0 Å². The molecule has 114 valence electrons. The van der Waals surface area contributed by atoms with Gasteiger partial charge < -0.3 is 10.4 Å². The number of carboxylic acid groups (broad SMARTS) is 1. The van der Waals surface area contributed by atoms with E-state index in [1.165, 1.54) is 23.9 Å². The van der Waals surface area contributed by atoms with Crippen LogP contribution in [0.15, 0.2) is 29.2 Å². The number of nitrogens with one attached hydrogen (secondary N) is 1. The predicted octanol–water partition coefficient (Wildman–Crippen LogP) is 2.68. The van der Waals surface area contributed by atoms with E-state index in [0.717, 1.165) is 17.7 Å². The van der Waals surface area contributed by atoms with E-state index >= 15 is 0 Å². The van der Waals surface area contributed by atoms with Crippen LogP contribution in [0.4, 0.5) is 4.39 Å². The largest absolute Gasteiger partial charge is 0.481 e. The molecule has 0 bridgehead atoms. The molecule has 0 saturated heterocycles. The predicted molar refractivity (Wildman–Crippen MR) is 78.6 cm³/mol. The summed E-state index contributed by atoms with van der Waals surface area (Å²) in [5.41, 5.74) is 0. The first kappa shape index (κ1) is 15.8. The van der Waals surface area contributed by atoms with Gasteiger partial charge in [0.05, 0.1) is 11.7 Å².